The van der Waals surface area contributed by atoms with Gasteiger partial charge in [0.2, 0.25) is 6.43 Å². The Labute approximate surface area is 68.0 Å². The molecule has 68 valence electrons. The van der Waals surface area contributed by atoms with Crippen molar-refractivity contribution < 1.29 is 8.78 Å². The zero-order valence-electron chi connectivity index (χ0n) is 7.61. The maximum Gasteiger partial charge on any atom is 0.238 e. The third-order valence-corrected chi connectivity index (χ3v) is 2.45. The molecule has 11 heavy (non-hydrogen) atoms. The van der Waals surface area contributed by atoms with Crippen LogP contribution in [-0.2, 0) is 0 Å². The Morgan fingerprint density at radius 1 is 1.09 bits per heavy atom. The van der Waals surface area contributed by atoms with Crippen molar-refractivity contribution in [2.45, 2.75) is 46.5 Å². The Hall–Kier alpha value is -0.140. The van der Waals surface area contributed by atoms with E-state index in [1.54, 1.807) is 0 Å². The van der Waals surface area contributed by atoms with Crippen LogP contribution in [0.5, 0.6) is 0 Å². The van der Waals surface area contributed by atoms with Gasteiger partial charge in [0.15, 0.2) is 0 Å². The monoisotopic (exact) mass is 164 g/mol. The molecule has 0 aromatic heterocycles. The molecule has 2 unspecified atom stereocenters. The predicted octanol–water partition coefficient (Wildman–Crippen LogP) is 3.71. The predicted molar refractivity (Wildman–Crippen MR) is 43.9 cm³/mol. The molecule has 0 heterocycles. The third kappa shape index (κ3) is 4.33. The Morgan fingerprint density at radius 3 is 1.91 bits per heavy atom. The number of hydrogen-bond acceptors (Lipinski definition) is 0. The minimum atomic E-state index is -2.13. The van der Waals surface area contributed by atoms with Gasteiger partial charge in [0.05, 0.1) is 0 Å². The van der Waals surface area contributed by atoms with Crippen LogP contribution in [0.25, 0.3) is 0 Å². The lowest BCUT2D eigenvalue weighted by atomic mass is 9.87. The molecular formula is C9H18F2. The van der Waals surface area contributed by atoms with E-state index in [-0.39, 0.29) is 12.3 Å². The standard InChI is InChI=1S/C9H18F2/c1-4-7(3)8(5-2)6-9(10)11/h7-9H,4-6H2,1-3H3. The van der Waals surface area contributed by atoms with Gasteiger partial charge in [-0.15, -0.1) is 0 Å². The molecule has 0 rings (SSSR count). The molecule has 0 aliphatic rings. The van der Waals surface area contributed by atoms with Gasteiger partial charge >= 0.3 is 0 Å². The van der Waals surface area contributed by atoms with Gasteiger partial charge in [0, 0.05) is 6.42 Å². The average molecular weight is 164 g/mol. The van der Waals surface area contributed by atoms with E-state index >= 15 is 0 Å². The summed E-state index contributed by atoms with van der Waals surface area (Å²) in [5.41, 5.74) is 0. The Morgan fingerprint density at radius 2 is 1.64 bits per heavy atom. The van der Waals surface area contributed by atoms with Crippen LogP contribution in [-0.4, -0.2) is 6.43 Å². The van der Waals surface area contributed by atoms with Crippen molar-refractivity contribution in [2.75, 3.05) is 0 Å². The Balaban J connectivity index is 3.74. The fraction of sp³-hybridized carbons (Fsp3) is 1.00. The van der Waals surface area contributed by atoms with Gasteiger partial charge in [0.25, 0.3) is 0 Å². The lowest BCUT2D eigenvalue weighted by molar-refractivity contribution is 0.0977. The summed E-state index contributed by atoms with van der Waals surface area (Å²) in [5.74, 6) is 0.647. The Bertz CT molecular complexity index is 91.6. The third-order valence-electron chi connectivity index (χ3n) is 2.45. The summed E-state index contributed by atoms with van der Waals surface area (Å²) in [6.45, 7) is 6.09. The number of halogens is 2. The van der Waals surface area contributed by atoms with E-state index in [1.165, 1.54) is 0 Å². The van der Waals surface area contributed by atoms with Gasteiger partial charge in [-0.25, -0.2) is 8.78 Å². The molecule has 0 aromatic carbocycles. The zero-order chi connectivity index (χ0) is 8.85. The molecule has 0 aliphatic carbocycles. The molecule has 0 aliphatic heterocycles. The first-order valence-electron chi connectivity index (χ1n) is 4.39. The maximum atomic E-state index is 12.0. The first-order valence-corrected chi connectivity index (χ1v) is 4.39. The molecule has 0 bridgehead atoms. The molecule has 0 amide bonds. The molecule has 0 radical (unpaired) electrons. The van der Waals surface area contributed by atoms with Gasteiger partial charge < -0.3 is 0 Å². The van der Waals surface area contributed by atoms with Gasteiger partial charge in [-0.3, -0.25) is 0 Å². The summed E-state index contributed by atoms with van der Waals surface area (Å²) < 4.78 is 23.9. The quantitative estimate of drug-likeness (QED) is 0.581. The van der Waals surface area contributed by atoms with Crippen molar-refractivity contribution >= 4 is 0 Å². The minimum absolute atomic E-state index is 0.0749. The van der Waals surface area contributed by atoms with Crippen molar-refractivity contribution in [1.29, 1.82) is 0 Å². The first kappa shape index (κ1) is 10.9. The largest absolute Gasteiger partial charge is 0.238 e. The smallest absolute Gasteiger partial charge is 0.211 e. The van der Waals surface area contributed by atoms with Crippen LogP contribution in [0.15, 0.2) is 0 Å². The summed E-state index contributed by atoms with van der Waals surface area (Å²) >= 11 is 0. The fourth-order valence-corrected chi connectivity index (χ4v) is 1.36. The molecule has 0 fully saturated rings. The molecule has 0 N–H and O–H groups in total. The normalized spacial score (nSPS) is 16.9. The highest BCUT2D eigenvalue weighted by Crippen LogP contribution is 2.24. The van der Waals surface area contributed by atoms with Crippen molar-refractivity contribution in [2.24, 2.45) is 11.8 Å². The fourth-order valence-electron chi connectivity index (χ4n) is 1.36. The lowest BCUT2D eigenvalue weighted by Crippen LogP contribution is -2.13. The molecule has 0 saturated heterocycles. The summed E-state index contributed by atoms with van der Waals surface area (Å²) in [6.07, 6.45) is -0.176. The lowest BCUT2D eigenvalue weighted by Gasteiger charge is -2.20. The molecule has 2 heteroatoms. The second kappa shape index (κ2) is 5.50. The molecule has 0 nitrogen and oxygen atoms in total. The second-order valence-electron chi connectivity index (χ2n) is 3.18. The summed E-state index contributed by atoms with van der Waals surface area (Å²) in [6, 6.07) is 0. The molecule has 0 aromatic rings. The summed E-state index contributed by atoms with van der Waals surface area (Å²) in [4.78, 5) is 0. The van der Waals surface area contributed by atoms with Crippen molar-refractivity contribution in [3.8, 4) is 0 Å². The molecular weight excluding hydrogens is 146 g/mol. The second-order valence-corrected chi connectivity index (χ2v) is 3.18. The van der Waals surface area contributed by atoms with Gasteiger partial charge in [-0.1, -0.05) is 33.6 Å². The highest BCUT2D eigenvalue weighted by Gasteiger charge is 2.18. The van der Waals surface area contributed by atoms with Crippen LogP contribution < -0.4 is 0 Å². The van der Waals surface area contributed by atoms with Crippen molar-refractivity contribution in [3.63, 3.8) is 0 Å². The van der Waals surface area contributed by atoms with Crippen LogP contribution in [0.3, 0.4) is 0 Å². The van der Waals surface area contributed by atoms with Gasteiger partial charge in [-0.05, 0) is 11.8 Å². The van der Waals surface area contributed by atoms with E-state index in [1.807, 2.05) is 6.92 Å². The van der Waals surface area contributed by atoms with E-state index in [2.05, 4.69) is 13.8 Å². The van der Waals surface area contributed by atoms with Crippen LogP contribution >= 0.6 is 0 Å². The van der Waals surface area contributed by atoms with Crippen LogP contribution in [0.2, 0.25) is 0 Å². The van der Waals surface area contributed by atoms with E-state index in [0.29, 0.717) is 5.92 Å². The van der Waals surface area contributed by atoms with Gasteiger partial charge in [-0.2, -0.15) is 0 Å². The van der Waals surface area contributed by atoms with Crippen molar-refractivity contribution in [3.05, 3.63) is 0 Å². The average Bonchev–Trinajstić information content (AvgIpc) is 1.98. The van der Waals surface area contributed by atoms with Crippen LogP contribution in [0, 0.1) is 11.8 Å². The zero-order valence-corrected chi connectivity index (χ0v) is 7.61. The summed E-state index contributed by atoms with van der Waals surface area (Å²) in [7, 11) is 0. The number of hydrogen-bond donors (Lipinski definition) is 0. The van der Waals surface area contributed by atoms with Crippen LogP contribution in [0.1, 0.15) is 40.0 Å². The van der Waals surface area contributed by atoms with Crippen LogP contribution in [0.4, 0.5) is 8.78 Å². The van der Waals surface area contributed by atoms with E-state index in [9.17, 15) is 8.78 Å². The Kier molecular flexibility index (Phi) is 5.43. The topological polar surface area (TPSA) is 0 Å². The first-order chi connectivity index (χ1) is 5.11. The highest BCUT2D eigenvalue weighted by molar-refractivity contribution is 4.64. The van der Waals surface area contributed by atoms with E-state index in [4.69, 9.17) is 0 Å². The minimum Gasteiger partial charge on any atom is -0.211 e. The molecule has 2 atom stereocenters. The van der Waals surface area contributed by atoms with Gasteiger partial charge in [0.1, 0.15) is 0 Å². The highest BCUT2D eigenvalue weighted by atomic mass is 19.3. The molecule has 0 spiro atoms. The van der Waals surface area contributed by atoms with E-state index < -0.39 is 6.43 Å². The van der Waals surface area contributed by atoms with E-state index in [0.717, 1.165) is 12.8 Å². The molecule has 0 saturated carbocycles. The number of rotatable bonds is 5. The van der Waals surface area contributed by atoms with Crippen molar-refractivity contribution in [1.82, 2.24) is 0 Å². The SMILES string of the molecule is CCC(C)C(CC)CC(F)F. The number of alkyl halides is 2. The summed E-state index contributed by atoms with van der Waals surface area (Å²) in [5, 5.41) is 0. The maximum absolute atomic E-state index is 12.0.